The van der Waals surface area contributed by atoms with Gasteiger partial charge in [-0.05, 0) is 33.9 Å². The van der Waals surface area contributed by atoms with Gasteiger partial charge in [0.05, 0.1) is 12.3 Å². The number of likely N-dealkylation sites (N-methyl/N-ethyl adjacent to an activating group) is 1. The highest BCUT2D eigenvalue weighted by Gasteiger charge is 2.26. The smallest absolute Gasteiger partial charge is 0.327 e. The van der Waals surface area contributed by atoms with Crippen LogP contribution in [-0.2, 0) is 9.53 Å². The Hall–Kier alpha value is -1.40. The fourth-order valence-electron chi connectivity index (χ4n) is 2.42. The number of aryl methyl sites for hydroxylation is 2. The Labute approximate surface area is 127 Å². The molecule has 0 amide bonds. The van der Waals surface area contributed by atoms with Crippen molar-refractivity contribution in [2.75, 3.05) is 32.8 Å². The van der Waals surface area contributed by atoms with E-state index < -0.39 is 6.04 Å². The van der Waals surface area contributed by atoms with E-state index in [0.717, 1.165) is 43.1 Å². The molecule has 0 fully saturated rings. The molecule has 6 heteroatoms. The lowest BCUT2D eigenvalue weighted by atomic mass is 10.1. The van der Waals surface area contributed by atoms with Crippen LogP contribution in [0.2, 0.25) is 0 Å². The Kier molecular flexibility index (Phi) is 7.39. The minimum Gasteiger partial charge on any atom is -0.465 e. The number of nitrogens with one attached hydrogen (secondary N) is 2. The van der Waals surface area contributed by atoms with Gasteiger partial charge in [-0.3, -0.25) is 10.4 Å². The number of ether oxygens (including phenoxy) is 1. The van der Waals surface area contributed by atoms with Crippen molar-refractivity contribution in [3.63, 3.8) is 0 Å². The molecule has 0 aliphatic rings. The van der Waals surface area contributed by atoms with E-state index in [-0.39, 0.29) is 5.97 Å². The van der Waals surface area contributed by atoms with Crippen LogP contribution in [0.25, 0.3) is 0 Å². The number of nitrogens with zero attached hydrogens (tertiary/aromatic N) is 2. The minimum absolute atomic E-state index is 0.246. The number of aromatic amines is 1. The second kappa shape index (κ2) is 8.79. The topological polar surface area (TPSA) is 70.2 Å². The van der Waals surface area contributed by atoms with Crippen molar-refractivity contribution >= 4 is 5.97 Å². The Morgan fingerprint density at radius 3 is 2.48 bits per heavy atom. The fourth-order valence-corrected chi connectivity index (χ4v) is 2.42. The van der Waals surface area contributed by atoms with Crippen LogP contribution < -0.4 is 5.32 Å². The maximum Gasteiger partial charge on any atom is 0.327 e. The van der Waals surface area contributed by atoms with Crippen molar-refractivity contribution in [3.05, 3.63) is 17.0 Å². The molecule has 0 aromatic carbocycles. The molecule has 120 valence electrons. The summed E-state index contributed by atoms with van der Waals surface area (Å²) in [5.74, 6) is -0.246. The zero-order chi connectivity index (χ0) is 15.8. The molecular formula is C15H28N4O2. The van der Waals surface area contributed by atoms with Crippen molar-refractivity contribution in [2.45, 2.75) is 40.7 Å². The van der Waals surface area contributed by atoms with Crippen molar-refractivity contribution in [2.24, 2.45) is 0 Å². The molecule has 21 heavy (non-hydrogen) atoms. The summed E-state index contributed by atoms with van der Waals surface area (Å²) in [5.41, 5.74) is 2.63. The Morgan fingerprint density at radius 1 is 1.33 bits per heavy atom. The van der Waals surface area contributed by atoms with E-state index in [1.807, 2.05) is 20.8 Å². The van der Waals surface area contributed by atoms with Gasteiger partial charge < -0.3 is 9.64 Å². The first-order valence-corrected chi connectivity index (χ1v) is 7.68. The van der Waals surface area contributed by atoms with Gasteiger partial charge in [-0.15, -0.1) is 0 Å². The number of H-pyrrole nitrogens is 1. The van der Waals surface area contributed by atoms with Crippen LogP contribution in [0.3, 0.4) is 0 Å². The Balaban J connectivity index is 2.77. The molecule has 1 heterocycles. The van der Waals surface area contributed by atoms with Crippen molar-refractivity contribution in [3.8, 4) is 0 Å². The average Bonchev–Trinajstić information content (AvgIpc) is 2.79. The van der Waals surface area contributed by atoms with Gasteiger partial charge in [0.15, 0.2) is 0 Å². The summed E-state index contributed by atoms with van der Waals surface area (Å²) in [5, 5.41) is 10.4. The number of hydrogen-bond donors (Lipinski definition) is 2. The van der Waals surface area contributed by atoms with E-state index in [1.165, 1.54) is 0 Å². The summed E-state index contributed by atoms with van der Waals surface area (Å²) in [6.07, 6.45) is 0. The van der Waals surface area contributed by atoms with Crippen molar-refractivity contribution < 1.29 is 9.53 Å². The van der Waals surface area contributed by atoms with E-state index >= 15 is 0 Å². The highest BCUT2D eigenvalue weighted by Crippen LogP contribution is 2.20. The predicted octanol–water partition coefficient (Wildman–Crippen LogP) is 1.56. The van der Waals surface area contributed by atoms with Crippen LogP contribution in [0, 0.1) is 13.8 Å². The zero-order valence-corrected chi connectivity index (χ0v) is 13.8. The van der Waals surface area contributed by atoms with Crippen LogP contribution in [0.15, 0.2) is 0 Å². The summed E-state index contributed by atoms with van der Waals surface area (Å²) in [7, 11) is 0. The summed E-state index contributed by atoms with van der Waals surface area (Å²) in [4.78, 5) is 14.5. The number of carbonyl (C=O) groups excluding carboxylic acids is 1. The van der Waals surface area contributed by atoms with Gasteiger partial charge in [0.1, 0.15) is 6.04 Å². The largest absolute Gasteiger partial charge is 0.465 e. The zero-order valence-electron chi connectivity index (χ0n) is 13.8. The van der Waals surface area contributed by atoms with Crippen LogP contribution in [0.5, 0.6) is 0 Å². The summed E-state index contributed by atoms with van der Waals surface area (Å²) >= 11 is 0. The lowest BCUT2D eigenvalue weighted by Gasteiger charge is -2.22. The molecule has 0 radical (unpaired) electrons. The van der Waals surface area contributed by atoms with Crippen LogP contribution in [0.4, 0.5) is 0 Å². The molecular weight excluding hydrogens is 268 g/mol. The lowest BCUT2D eigenvalue weighted by molar-refractivity contribution is -0.145. The minimum atomic E-state index is -0.459. The lowest BCUT2D eigenvalue weighted by Crippen LogP contribution is -2.37. The predicted molar refractivity (Wildman–Crippen MR) is 83.2 cm³/mol. The van der Waals surface area contributed by atoms with E-state index in [2.05, 4.69) is 34.3 Å². The number of aromatic nitrogens is 2. The maximum atomic E-state index is 12.2. The molecule has 0 spiro atoms. The quantitative estimate of drug-likeness (QED) is 0.677. The van der Waals surface area contributed by atoms with Gasteiger partial charge in [0.2, 0.25) is 0 Å². The Morgan fingerprint density at radius 2 is 2.00 bits per heavy atom. The third kappa shape index (κ3) is 4.82. The first-order chi connectivity index (χ1) is 10.0. The number of carbonyl (C=O) groups is 1. The summed E-state index contributed by atoms with van der Waals surface area (Å²) in [6.45, 7) is 13.9. The highest BCUT2D eigenvalue weighted by atomic mass is 16.5. The van der Waals surface area contributed by atoms with Crippen LogP contribution in [-0.4, -0.2) is 53.9 Å². The van der Waals surface area contributed by atoms with Gasteiger partial charge in [0, 0.05) is 24.3 Å². The van der Waals surface area contributed by atoms with E-state index in [0.29, 0.717) is 6.61 Å². The molecule has 0 bridgehead atoms. The molecule has 2 N–H and O–H groups in total. The summed E-state index contributed by atoms with van der Waals surface area (Å²) < 4.78 is 5.19. The molecule has 1 aromatic rings. The van der Waals surface area contributed by atoms with Crippen molar-refractivity contribution in [1.82, 2.24) is 20.4 Å². The average molecular weight is 296 g/mol. The maximum absolute atomic E-state index is 12.2. The van der Waals surface area contributed by atoms with Gasteiger partial charge in [-0.25, -0.2) is 4.79 Å². The van der Waals surface area contributed by atoms with E-state index in [9.17, 15) is 4.79 Å². The van der Waals surface area contributed by atoms with Gasteiger partial charge >= 0.3 is 5.97 Å². The molecule has 1 aromatic heterocycles. The first-order valence-electron chi connectivity index (χ1n) is 7.68. The third-order valence-electron chi connectivity index (χ3n) is 3.67. The van der Waals surface area contributed by atoms with E-state index in [4.69, 9.17) is 4.74 Å². The second-order valence-electron chi connectivity index (χ2n) is 5.01. The van der Waals surface area contributed by atoms with Crippen LogP contribution >= 0.6 is 0 Å². The monoisotopic (exact) mass is 296 g/mol. The standard InChI is InChI=1S/C15H28N4O2/c1-6-19(7-2)10-9-16-14(15(20)21-8-3)13-11(4)17-18-12(13)5/h14,16H,6-10H2,1-5H3,(H,17,18). The SMILES string of the molecule is CCOC(=O)C(NCCN(CC)CC)c1c(C)n[nH]c1C. The molecule has 1 rings (SSSR count). The van der Waals surface area contributed by atoms with Crippen molar-refractivity contribution in [1.29, 1.82) is 0 Å². The van der Waals surface area contributed by atoms with Gasteiger partial charge in [0.25, 0.3) is 0 Å². The highest BCUT2D eigenvalue weighted by molar-refractivity contribution is 5.78. The van der Waals surface area contributed by atoms with Gasteiger partial charge in [-0.2, -0.15) is 5.10 Å². The normalized spacial score (nSPS) is 12.7. The number of hydrogen-bond acceptors (Lipinski definition) is 5. The molecule has 0 saturated carbocycles. The molecule has 0 saturated heterocycles. The first kappa shape index (κ1) is 17.7. The third-order valence-corrected chi connectivity index (χ3v) is 3.67. The van der Waals surface area contributed by atoms with Gasteiger partial charge in [-0.1, -0.05) is 13.8 Å². The number of rotatable bonds is 9. The fraction of sp³-hybridized carbons (Fsp3) is 0.733. The van der Waals surface area contributed by atoms with E-state index in [1.54, 1.807) is 0 Å². The Bertz CT molecular complexity index is 421. The molecule has 1 atom stereocenters. The van der Waals surface area contributed by atoms with Crippen LogP contribution in [0.1, 0.15) is 43.8 Å². The molecule has 1 unspecified atom stereocenters. The summed E-state index contributed by atoms with van der Waals surface area (Å²) in [6, 6.07) is -0.459. The molecule has 0 aliphatic heterocycles. The second-order valence-corrected chi connectivity index (χ2v) is 5.01. The molecule has 0 aliphatic carbocycles. The number of esters is 1. The molecule has 6 nitrogen and oxygen atoms in total.